The average molecular weight is 163 g/mol. The standard InChI is InChI=1S/C11H15O/c1-4-12-8-11-9(2)6-5-7-10(11)3/h5-7H,1,4,8H2,2-3H3. The smallest absolute Gasteiger partial charge is 0.0721 e. The van der Waals surface area contributed by atoms with Gasteiger partial charge in [0.05, 0.1) is 6.61 Å². The fraction of sp³-hybridized carbons (Fsp3) is 0.364. The lowest BCUT2D eigenvalue weighted by Crippen LogP contribution is -1.97. The van der Waals surface area contributed by atoms with Crippen LogP contribution in [-0.2, 0) is 11.3 Å². The Balaban J connectivity index is 2.81. The first kappa shape index (κ1) is 9.27. The van der Waals surface area contributed by atoms with Crippen LogP contribution in [0, 0.1) is 20.8 Å². The first-order valence-corrected chi connectivity index (χ1v) is 4.17. The Morgan fingerprint density at radius 2 is 1.83 bits per heavy atom. The van der Waals surface area contributed by atoms with Crippen molar-refractivity contribution in [2.45, 2.75) is 20.5 Å². The van der Waals surface area contributed by atoms with Crippen LogP contribution in [0.3, 0.4) is 0 Å². The Kier molecular flexibility index (Phi) is 3.30. The summed E-state index contributed by atoms with van der Waals surface area (Å²) in [6, 6.07) is 6.28. The number of ether oxygens (including phenoxy) is 1. The number of aryl methyl sites for hydroxylation is 2. The summed E-state index contributed by atoms with van der Waals surface area (Å²) in [4.78, 5) is 0. The van der Waals surface area contributed by atoms with Crippen LogP contribution in [0.4, 0.5) is 0 Å². The number of hydrogen-bond acceptors (Lipinski definition) is 1. The number of hydrogen-bond donors (Lipinski definition) is 0. The normalized spacial score (nSPS) is 10.2. The van der Waals surface area contributed by atoms with Gasteiger partial charge in [-0.1, -0.05) is 18.2 Å². The highest BCUT2D eigenvalue weighted by molar-refractivity contribution is 5.32. The summed E-state index contributed by atoms with van der Waals surface area (Å²) in [6.07, 6.45) is 0. The van der Waals surface area contributed by atoms with Crippen molar-refractivity contribution in [3.63, 3.8) is 0 Å². The Bertz CT molecular complexity index is 233. The molecule has 0 heterocycles. The SMILES string of the molecule is [CH2]COCc1c(C)cccc1C. The maximum Gasteiger partial charge on any atom is 0.0721 e. The third kappa shape index (κ3) is 2.08. The molecule has 0 N–H and O–H groups in total. The van der Waals surface area contributed by atoms with E-state index in [0.717, 1.165) is 0 Å². The van der Waals surface area contributed by atoms with E-state index in [9.17, 15) is 0 Å². The summed E-state index contributed by atoms with van der Waals surface area (Å²) >= 11 is 0. The topological polar surface area (TPSA) is 9.23 Å². The van der Waals surface area contributed by atoms with Crippen molar-refractivity contribution in [2.75, 3.05) is 6.61 Å². The summed E-state index contributed by atoms with van der Waals surface area (Å²) in [5, 5.41) is 0. The molecule has 65 valence electrons. The third-order valence-electron chi connectivity index (χ3n) is 2.04. The molecule has 0 aliphatic carbocycles. The van der Waals surface area contributed by atoms with Gasteiger partial charge in [0.15, 0.2) is 0 Å². The van der Waals surface area contributed by atoms with Crippen molar-refractivity contribution in [1.29, 1.82) is 0 Å². The molecule has 0 unspecified atom stereocenters. The highest BCUT2D eigenvalue weighted by Crippen LogP contribution is 2.13. The highest BCUT2D eigenvalue weighted by atomic mass is 16.5. The van der Waals surface area contributed by atoms with Crippen molar-refractivity contribution in [3.05, 3.63) is 41.8 Å². The van der Waals surface area contributed by atoms with Crippen molar-refractivity contribution in [2.24, 2.45) is 0 Å². The summed E-state index contributed by atoms with van der Waals surface area (Å²) in [6.45, 7) is 9.07. The predicted molar refractivity (Wildman–Crippen MR) is 50.9 cm³/mol. The largest absolute Gasteiger partial charge is 0.377 e. The summed E-state index contributed by atoms with van der Waals surface area (Å²) in [5.41, 5.74) is 3.88. The van der Waals surface area contributed by atoms with Crippen LogP contribution in [0.2, 0.25) is 0 Å². The highest BCUT2D eigenvalue weighted by Gasteiger charge is 2.00. The van der Waals surface area contributed by atoms with Crippen LogP contribution in [0.25, 0.3) is 0 Å². The second-order valence-electron chi connectivity index (χ2n) is 2.92. The quantitative estimate of drug-likeness (QED) is 0.665. The van der Waals surface area contributed by atoms with Crippen molar-refractivity contribution < 1.29 is 4.74 Å². The van der Waals surface area contributed by atoms with Gasteiger partial charge in [0, 0.05) is 6.61 Å². The van der Waals surface area contributed by atoms with Crippen LogP contribution < -0.4 is 0 Å². The molecule has 12 heavy (non-hydrogen) atoms. The summed E-state index contributed by atoms with van der Waals surface area (Å²) in [7, 11) is 0. The minimum absolute atomic E-state index is 0.535. The van der Waals surface area contributed by atoms with E-state index in [-0.39, 0.29) is 0 Å². The molecule has 1 radical (unpaired) electrons. The molecule has 0 aliphatic heterocycles. The lowest BCUT2D eigenvalue weighted by Gasteiger charge is -2.08. The van der Waals surface area contributed by atoms with E-state index in [0.29, 0.717) is 13.2 Å². The van der Waals surface area contributed by atoms with Gasteiger partial charge in [0.25, 0.3) is 0 Å². The zero-order chi connectivity index (χ0) is 8.97. The molecular formula is C11H15O. The Morgan fingerprint density at radius 3 is 2.33 bits per heavy atom. The molecular weight excluding hydrogens is 148 g/mol. The van der Waals surface area contributed by atoms with E-state index in [2.05, 4.69) is 39.0 Å². The van der Waals surface area contributed by atoms with Crippen LogP contribution in [0.15, 0.2) is 18.2 Å². The molecule has 0 fully saturated rings. The molecule has 1 aromatic rings. The van der Waals surface area contributed by atoms with E-state index in [1.807, 2.05) is 0 Å². The van der Waals surface area contributed by atoms with E-state index in [1.165, 1.54) is 16.7 Å². The first-order valence-electron chi connectivity index (χ1n) is 4.17. The second-order valence-corrected chi connectivity index (χ2v) is 2.92. The molecule has 1 nitrogen and oxygen atoms in total. The van der Waals surface area contributed by atoms with Gasteiger partial charge >= 0.3 is 0 Å². The number of rotatable bonds is 3. The van der Waals surface area contributed by atoms with Gasteiger partial charge in [-0.2, -0.15) is 0 Å². The van der Waals surface area contributed by atoms with Crippen molar-refractivity contribution in [1.82, 2.24) is 0 Å². The van der Waals surface area contributed by atoms with E-state index >= 15 is 0 Å². The zero-order valence-electron chi connectivity index (χ0n) is 7.76. The Hall–Kier alpha value is -0.820. The fourth-order valence-electron chi connectivity index (χ4n) is 1.25. The molecule has 0 aromatic heterocycles. The van der Waals surface area contributed by atoms with E-state index in [1.54, 1.807) is 0 Å². The molecule has 1 rings (SSSR count). The van der Waals surface area contributed by atoms with Gasteiger partial charge in [0.2, 0.25) is 0 Å². The van der Waals surface area contributed by atoms with Crippen molar-refractivity contribution >= 4 is 0 Å². The second kappa shape index (κ2) is 4.27. The van der Waals surface area contributed by atoms with Gasteiger partial charge in [-0.25, -0.2) is 0 Å². The predicted octanol–water partition coefficient (Wildman–Crippen LogP) is 2.65. The minimum atomic E-state index is 0.535. The summed E-state index contributed by atoms with van der Waals surface area (Å²) < 4.78 is 5.27. The molecule has 0 saturated carbocycles. The molecule has 1 aromatic carbocycles. The lowest BCUT2D eigenvalue weighted by molar-refractivity contribution is 0.146. The number of benzene rings is 1. The van der Waals surface area contributed by atoms with Crippen LogP contribution in [0.5, 0.6) is 0 Å². The first-order chi connectivity index (χ1) is 5.75. The molecule has 0 aliphatic rings. The zero-order valence-corrected chi connectivity index (χ0v) is 7.76. The molecule has 0 spiro atoms. The van der Waals surface area contributed by atoms with Crippen LogP contribution in [0.1, 0.15) is 16.7 Å². The average Bonchev–Trinajstić information content (AvgIpc) is 2.04. The monoisotopic (exact) mass is 163 g/mol. The molecule has 0 amide bonds. The van der Waals surface area contributed by atoms with Gasteiger partial charge in [0.1, 0.15) is 0 Å². The maximum absolute atomic E-state index is 5.27. The lowest BCUT2D eigenvalue weighted by atomic mass is 10.0. The van der Waals surface area contributed by atoms with Gasteiger partial charge < -0.3 is 4.74 Å². The molecule has 0 bridgehead atoms. The van der Waals surface area contributed by atoms with Gasteiger partial charge in [-0.3, -0.25) is 0 Å². The Morgan fingerprint density at radius 1 is 1.25 bits per heavy atom. The third-order valence-corrected chi connectivity index (χ3v) is 2.04. The van der Waals surface area contributed by atoms with Crippen LogP contribution >= 0.6 is 0 Å². The van der Waals surface area contributed by atoms with Crippen LogP contribution in [-0.4, -0.2) is 6.61 Å². The molecule has 0 saturated heterocycles. The minimum Gasteiger partial charge on any atom is -0.377 e. The Labute approximate surface area is 74.4 Å². The van der Waals surface area contributed by atoms with E-state index < -0.39 is 0 Å². The molecule has 0 atom stereocenters. The van der Waals surface area contributed by atoms with E-state index in [4.69, 9.17) is 4.74 Å². The van der Waals surface area contributed by atoms with Gasteiger partial charge in [-0.15, -0.1) is 0 Å². The van der Waals surface area contributed by atoms with Gasteiger partial charge in [-0.05, 0) is 37.5 Å². The maximum atomic E-state index is 5.27. The van der Waals surface area contributed by atoms with Crippen molar-refractivity contribution in [3.8, 4) is 0 Å². The molecule has 1 heteroatoms. The summed E-state index contributed by atoms with van der Waals surface area (Å²) in [5.74, 6) is 0. The fourth-order valence-corrected chi connectivity index (χ4v) is 1.25.